The van der Waals surface area contributed by atoms with E-state index in [4.69, 9.17) is 12.2 Å². The minimum Gasteiger partial charge on any atom is -0.352 e. The van der Waals surface area contributed by atoms with Gasteiger partial charge in [-0.15, -0.1) is 0 Å². The second kappa shape index (κ2) is 6.21. The average Bonchev–Trinajstić information content (AvgIpc) is 2.86. The average molecular weight is 365 g/mol. The van der Waals surface area contributed by atoms with Crippen LogP contribution in [0.3, 0.4) is 0 Å². The third-order valence-corrected chi connectivity index (χ3v) is 5.33. The normalized spacial score (nSPS) is 22.5. The van der Waals surface area contributed by atoms with Gasteiger partial charge in [-0.2, -0.15) is 0 Å². The van der Waals surface area contributed by atoms with Gasteiger partial charge in [0.1, 0.15) is 5.54 Å². The number of carbonyl (C=O) groups is 2. The second-order valence-electron chi connectivity index (χ2n) is 6.85. The van der Waals surface area contributed by atoms with E-state index in [0.717, 1.165) is 16.7 Å². The summed E-state index contributed by atoms with van der Waals surface area (Å²) in [6.45, 7) is 2.74. The highest BCUT2D eigenvalue weighted by Crippen LogP contribution is 2.30. The van der Waals surface area contributed by atoms with Crippen molar-refractivity contribution in [2.24, 2.45) is 0 Å². The fourth-order valence-electron chi connectivity index (χ4n) is 3.49. The van der Waals surface area contributed by atoms with E-state index in [9.17, 15) is 9.59 Å². The summed E-state index contributed by atoms with van der Waals surface area (Å²) in [7, 11) is 0. The Balaban J connectivity index is 1.80. The van der Waals surface area contributed by atoms with Crippen molar-refractivity contribution in [2.45, 2.75) is 25.4 Å². The van der Waals surface area contributed by atoms with E-state index in [2.05, 4.69) is 10.6 Å². The van der Waals surface area contributed by atoms with Gasteiger partial charge >= 0.3 is 0 Å². The van der Waals surface area contributed by atoms with Crippen LogP contribution in [0.25, 0.3) is 0 Å². The molecule has 0 saturated carbocycles. The molecule has 26 heavy (non-hydrogen) atoms. The van der Waals surface area contributed by atoms with Gasteiger partial charge in [0.05, 0.1) is 6.54 Å². The van der Waals surface area contributed by atoms with E-state index in [1.165, 1.54) is 0 Å². The number of nitrogens with zero attached hydrogens (tertiary/aromatic N) is 1. The monoisotopic (exact) mass is 365 g/mol. The van der Waals surface area contributed by atoms with E-state index in [-0.39, 0.29) is 11.8 Å². The third-order valence-electron chi connectivity index (χ3n) is 5.01. The molecule has 2 aliphatic rings. The van der Waals surface area contributed by atoms with Crippen molar-refractivity contribution in [1.29, 1.82) is 0 Å². The first-order valence-corrected chi connectivity index (χ1v) is 8.99. The lowest BCUT2D eigenvalue weighted by Crippen LogP contribution is -2.41. The minimum absolute atomic E-state index is 0.0773. The molecule has 0 aromatic heterocycles. The SMILES string of the molecule is CC12NC(=S)N(Cc3cccc(c3)C(=O)NCCc3cccc1c3)C2=O. The topological polar surface area (TPSA) is 61.4 Å². The molecule has 2 aromatic carbocycles. The lowest BCUT2D eigenvalue weighted by atomic mass is 9.90. The summed E-state index contributed by atoms with van der Waals surface area (Å²) in [5.74, 6) is -0.190. The summed E-state index contributed by atoms with van der Waals surface area (Å²) >= 11 is 5.44. The quantitative estimate of drug-likeness (QED) is 0.702. The second-order valence-corrected chi connectivity index (χ2v) is 7.24. The first-order valence-electron chi connectivity index (χ1n) is 8.58. The molecule has 2 aromatic rings. The maximum atomic E-state index is 13.2. The van der Waals surface area contributed by atoms with Crippen LogP contribution in [-0.2, 0) is 23.3 Å². The number of amides is 2. The molecule has 6 heteroatoms. The van der Waals surface area contributed by atoms with Gasteiger partial charge in [-0.05, 0) is 54.4 Å². The van der Waals surface area contributed by atoms with Crippen molar-refractivity contribution in [1.82, 2.24) is 15.5 Å². The highest BCUT2D eigenvalue weighted by molar-refractivity contribution is 7.80. The van der Waals surface area contributed by atoms with Crippen molar-refractivity contribution in [2.75, 3.05) is 6.54 Å². The molecule has 0 spiro atoms. The molecular weight excluding hydrogens is 346 g/mol. The van der Waals surface area contributed by atoms with E-state index in [1.54, 1.807) is 11.0 Å². The van der Waals surface area contributed by atoms with Gasteiger partial charge in [-0.3, -0.25) is 14.5 Å². The minimum atomic E-state index is -0.877. The molecule has 2 aliphatic heterocycles. The molecule has 1 atom stereocenters. The van der Waals surface area contributed by atoms with Crippen molar-refractivity contribution >= 4 is 29.1 Å². The molecule has 2 heterocycles. The summed E-state index contributed by atoms with van der Waals surface area (Å²) < 4.78 is 0. The fraction of sp³-hybridized carbons (Fsp3) is 0.250. The molecular formula is C20H19N3O2S. The standard InChI is InChI=1S/C20H19N3O2S/c1-20-16-7-3-4-13(11-16)8-9-21-17(24)15-6-2-5-14(10-15)12-23(18(20)25)19(26)22-20/h2-7,10-11H,8-9,12H2,1H3,(H,21,24)(H,22,26). The Morgan fingerprint density at radius 2 is 1.85 bits per heavy atom. The summed E-state index contributed by atoms with van der Waals surface area (Å²) in [5.41, 5.74) is 2.51. The molecule has 1 saturated heterocycles. The van der Waals surface area contributed by atoms with Crippen LogP contribution in [0.2, 0.25) is 0 Å². The summed E-state index contributed by atoms with van der Waals surface area (Å²) in [4.78, 5) is 27.1. The van der Waals surface area contributed by atoms with Gasteiger partial charge in [-0.1, -0.05) is 36.4 Å². The number of hydrogen-bond donors (Lipinski definition) is 2. The van der Waals surface area contributed by atoms with E-state index in [1.807, 2.05) is 49.4 Å². The van der Waals surface area contributed by atoms with Crippen LogP contribution in [0, 0.1) is 0 Å². The molecule has 5 nitrogen and oxygen atoms in total. The third kappa shape index (κ3) is 2.76. The van der Waals surface area contributed by atoms with Gasteiger partial charge in [0, 0.05) is 12.1 Å². The van der Waals surface area contributed by atoms with Crippen LogP contribution in [0.4, 0.5) is 0 Å². The van der Waals surface area contributed by atoms with Gasteiger partial charge < -0.3 is 10.6 Å². The van der Waals surface area contributed by atoms with Crippen molar-refractivity contribution < 1.29 is 9.59 Å². The van der Waals surface area contributed by atoms with Crippen LogP contribution in [0.1, 0.15) is 34.0 Å². The lowest BCUT2D eigenvalue weighted by Gasteiger charge is -2.24. The number of thiocarbonyl (C=S) groups is 1. The molecule has 4 rings (SSSR count). The van der Waals surface area contributed by atoms with Gasteiger partial charge in [0.2, 0.25) is 0 Å². The first kappa shape index (κ1) is 16.7. The molecule has 1 unspecified atom stereocenters. The lowest BCUT2D eigenvalue weighted by molar-refractivity contribution is -0.131. The maximum Gasteiger partial charge on any atom is 0.259 e. The Bertz CT molecular complexity index is 927. The van der Waals surface area contributed by atoms with Crippen molar-refractivity contribution in [3.63, 3.8) is 0 Å². The number of nitrogens with one attached hydrogen (secondary N) is 2. The van der Waals surface area contributed by atoms with Gasteiger partial charge in [-0.25, -0.2) is 0 Å². The number of carbonyl (C=O) groups excluding carboxylic acids is 2. The Morgan fingerprint density at radius 3 is 2.69 bits per heavy atom. The van der Waals surface area contributed by atoms with Crippen molar-refractivity contribution in [3.8, 4) is 0 Å². The molecule has 1 fully saturated rings. The van der Waals surface area contributed by atoms with E-state index in [0.29, 0.717) is 30.2 Å². The highest BCUT2D eigenvalue weighted by atomic mass is 32.1. The molecule has 6 bridgehead atoms. The Kier molecular flexibility index (Phi) is 4.00. The fourth-order valence-corrected chi connectivity index (χ4v) is 3.84. The van der Waals surface area contributed by atoms with Crippen LogP contribution < -0.4 is 10.6 Å². The first-order chi connectivity index (χ1) is 12.5. The summed E-state index contributed by atoms with van der Waals surface area (Å²) in [6, 6.07) is 15.2. The smallest absolute Gasteiger partial charge is 0.259 e. The molecule has 0 aliphatic carbocycles. The Hall–Kier alpha value is -2.73. The van der Waals surface area contributed by atoms with Gasteiger partial charge in [0.25, 0.3) is 11.8 Å². The highest BCUT2D eigenvalue weighted by Gasteiger charge is 2.47. The summed E-state index contributed by atoms with van der Waals surface area (Å²) in [6.07, 6.45) is 0.692. The van der Waals surface area contributed by atoms with Crippen LogP contribution in [0.5, 0.6) is 0 Å². The number of benzene rings is 2. The van der Waals surface area contributed by atoms with Crippen molar-refractivity contribution in [3.05, 3.63) is 70.8 Å². The maximum absolute atomic E-state index is 13.2. The zero-order valence-corrected chi connectivity index (χ0v) is 15.2. The van der Waals surface area contributed by atoms with E-state index < -0.39 is 5.54 Å². The Labute approximate surface area is 157 Å². The zero-order valence-electron chi connectivity index (χ0n) is 14.4. The molecule has 2 amide bonds. The summed E-state index contributed by atoms with van der Waals surface area (Å²) in [5, 5.41) is 6.57. The zero-order chi connectivity index (χ0) is 18.3. The predicted molar refractivity (Wildman–Crippen MR) is 103 cm³/mol. The largest absolute Gasteiger partial charge is 0.352 e. The molecule has 2 N–H and O–H groups in total. The van der Waals surface area contributed by atoms with Crippen LogP contribution >= 0.6 is 12.2 Å². The van der Waals surface area contributed by atoms with Crippen LogP contribution in [0.15, 0.2) is 48.5 Å². The van der Waals surface area contributed by atoms with Gasteiger partial charge in [0.15, 0.2) is 5.11 Å². The Morgan fingerprint density at radius 1 is 1.08 bits per heavy atom. The number of rotatable bonds is 0. The number of hydrogen-bond acceptors (Lipinski definition) is 3. The molecule has 0 radical (unpaired) electrons. The molecule has 132 valence electrons. The predicted octanol–water partition coefficient (Wildman–Crippen LogP) is 2.10. The number of fused-ring (bicyclic) bond motifs is 7. The van der Waals surface area contributed by atoms with Crippen LogP contribution in [-0.4, -0.2) is 28.4 Å². The van der Waals surface area contributed by atoms with E-state index >= 15 is 0 Å².